The first-order valence-electron chi connectivity index (χ1n) is 6.13. The first-order chi connectivity index (χ1) is 8.13. The number of ether oxygens (including phenoxy) is 1. The molecule has 0 saturated carbocycles. The predicted molar refractivity (Wildman–Crippen MR) is 62.6 cm³/mol. The molecule has 17 heavy (non-hydrogen) atoms. The van der Waals surface area contributed by atoms with E-state index in [9.17, 15) is 4.79 Å². The van der Waals surface area contributed by atoms with Crippen LogP contribution in [0.1, 0.15) is 44.0 Å². The van der Waals surface area contributed by atoms with Crippen molar-refractivity contribution in [3.05, 3.63) is 11.4 Å². The molecule has 0 unspecified atom stereocenters. The molecule has 0 aliphatic carbocycles. The van der Waals surface area contributed by atoms with Crippen molar-refractivity contribution in [2.24, 2.45) is 5.92 Å². The predicted octanol–water partition coefficient (Wildman–Crippen LogP) is 1.53. The Labute approximate surface area is 101 Å². The van der Waals surface area contributed by atoms with Crippen LogP contribution < -0.4 is 0 Å². The molecule has 1 aromatic rings. The Kier molecular flexibility index (Phi) is 3.45. The molecule has 0 N–H and O–H groups in total. The van der Waals surface area contributed by atoms with E-state index in [1.54, 1.807) is 0 Å². The van der Waals surface area contributed by atoms with Crippen LogP contribution in [0.2, 0.25) is 0 Å². The third-order valence-electron chi connectivity index (χ3n) is 3.37. The maximum atomic E-state index is 11.5. The molecule has 0 fully saturated rings. The van der Waals surface area contributed by atoms with Crippen LogP contribution in [-0.2, 0) is 22.5 Å². The van der Waals surface area contributed by atoms with Gasteiger partial charge in [0.05, 0.1) is 24.4 Å². The number of fused-ring (bicyclic) bond motifs is 1. The SMILES string of the molecule is COC(=O)[C@H]1CCc2c(C(C)C)nnn2CC1. The fourth-order valence-electron chi connectivity index (χ4n) is 2.37. The Morgan fingerprint density at radius 1 is 1.47 bits per heavy atom. The van der Waals surface area contributed by atoms with Crippen LogP contribution in [0.25, 0.3) is 0 Å². The molecule has 0 amide bonds. The molecule has 5 nitrogen and oxygen atoms in total. The third-order valence-corrected chi connectivity index (χ3v) is 3.37. The minimum absolute atomic E-state index is 0.00159. The largest absolute Gasteiger partial charge is 0.469 e. The number of carbonyl (C=O) groups excluding carboxylic acids is 1. The van der Waals surface area contributed by atoms with Crippen molar-refractivity contribution < 1.29 is 9.53 Å². The second-order valence-electron chi connectivity index (χ2n) is 4.85. The Morgan fingerprint density at radius 2 is 2.24 bits per heavy atom. The van der Waals surface area contributed by atoms with E-state index >= 15 is 0 Å². The summed E-state index contributed by atoms with van der Waals surface area (Å²) in [5, 5.41) is 8.40. The van der Waals surface area contributed by atoms with Crippen LogP contribution in [0.5, 0.6) is 0 Å². The molecule has 1 atom stereocenters. The number of esters is 1. The number of aryl methyl sites for hydroxylation is 1. The molecule has 94 valence electrons. The molecule has 5 heteroatoms. The van der Waals surface area contributed by atoms with E-state index in [-0.39, 0.29) is 11.9 Å². The monoisotopic (exact) mass is 237 g/mol. The highest BCUT2D eigenvalue weighted by Crippen LogP contribution is 2.25. The molecule has 0 aromatic carbocycles. The average molecular weight is 237 g/mol. The van der Waals surface area contributed by atoms with Gasteiger partial charge in [-0.25, -0.2) is 4.68 Å². The lowest BCUT2D eigenvalue weighted by molar-refractivity contribution is -0.145. The van der Waals surface area contributed by atoms with Crippen LogP contribution in [0.3, 0.4) is 0 Å². The van der Waals surface area contributed by atoms with Gasteiger partial charge < -0.3 is 4.74 Å². The van der Waals surface area contributed by atoms with Crippen molar-refractivity contribution in [1.82, 2.24) is 15.0 Å². The summed E-state index contributed by atoms with van der Waals surface area (Å²) in [6.45, 7) is 5.00. The zero-order chi connectivity index (χ0) is 12.4. The maximum Gasteiger partial charge on any atom is 0.308 e. The molecule has 2 heterocycles. The van der Waals surface area contributed by atoms with E-state index in [0.717, 1.165) is 31.5 Å². The van der Waals surface area contributed by atoms with Gasteiger partial charge in [0.1, 0.15) is 0 Å². The van der Waals surface area contributed by atoms with Crippen molar-refractivity contribution in [1.29, 1.82) is 0 Å². The van der Waals surface area contributed by atoms with Crippen LogP contribution in [0.15, 0.2) is 0 Å². The van der Waals surface area contributed by atoms with Crippen LogP contribution >= 0.6 is 0 Å². The number of aromatic nitrogens is 3. The van der Waals surface area contributed by atoms with Crippen LogP contribution in [0.4, 0.5) is 0 Å². The highest BCUT2D eigenvalue weighted by atomic mass is 16.5. The fraction of sp³-hybridized carbons (Fsp3) is 0.750. The molecule has 1 aliphatic rings. The second kappa shape index (κ2) is 4.85. The van der Waals surface area contributed by atoms with Gasteiger partial charge in [0.15, 0.2) is 0 Å². The minimum Gasteiger partial charge on any atom is -0.469 e. The summed E-state index contributed by atoms with van der Waals surface area (Å²) in [5.41, 5.74) is 2.25. The zero-order valence-corrected chi connectivity index (χ0v) is 10.6. The average Bonchev–Trinajstić information content (AvgIpc) is 2.61. The van der Waals surface area contributed by atoms with E-state index < -0.39 is 0 Å². The number of carbonyl (C=O) groups is 1. The number of rotatable bonds is 2. The zero-order valence-electron chi connectivity index (χ0n) is 10.6. The maximum absolute atomic E-state index is 11.5. The summed E-state index contributed by atoms with van der Waals surface area (Å²) in [5.74, 6) is 0.282. The van der Waals surface area contributed by atoms with Gasteiger partial charge in [-0.05, 0) is 25.2 Å². The van der Waals surface area contributed by atoms with E-state index in [4.69, 9.17) is 4.74 Å². The summed E-state index contributed by atoms with van der Waals surface area (Å²) in [6, 6.07) is 0. The Hall–Kier alpha value is -1.39. The molecule has 0 radical (unpaired) electrons. The second-order valence-corrected chi connectivity index (χ2v) is 4.85. The standard InChI is InChI=1S/C12H19N3O2/c1-8(2)11-10-5-4-9(12(16)17-3)6-7-15(10)14-13-11/h8-9H,4-7H2,1-3H3/t9-/m0/s1. The lowest BCUT2D eigenvalue weighted by atomic mass is 9.98. The highest BCUT2D eigenvalue weighted by Gasteiger charge is 2.26. The van der Waals surface area contributed by atoms with E-state index in [1.165, 1.54) is 12.8 Å². The Morgan fingerprint density at radius 3 is 2.88 bits per heavy atom. The Balaban J connectivity index is 2.16. The highest BCUT2D eigenvalue weighted by molar-refractivity contribution is 5.72. The first-order valence-corrected chi connectivity index (χ1v) is 6.13. The van der Waals surface area contributed by atoms with Crippen molar-refractivity contribution in [2.45, 2.75) is 45.6 Å². The van der Waals surface area contributed by atoms with Gasteiger partial charge in [-0.15, -0.1) is 5.10 Å². The van der Waals surface area contributed by atoms with Crippen molar-refractivity contribution in [3.8, 4) is 0 Å². The van der Waals surface area contributed by atoms with Gasteiger partial charge in [-0.3, -0.25) is 4.79 Å². The van der Waals surface area contributed by atoms with Crippen LogP contribution in [0, 0.1) is 5.92 Å². The van der Waals surface area contributed by atoms with Gasteiger partial charge in [-0.1, -0.05) is 19.1 Å². The Bertz CT molecular complexity index is 412. The molecule has 2 rings (SSSR count). The molecule has 1 aliphatic heterocycles. The van der Waals surface area contributed by atoms with Gasteiger partial charge in [-0.2, -0.15) is 0 Å². The lowest BCUT2D eigenvalue weighted by Gasteiger charge is -2.10. The topological polar surface area (TPSA) is 57.0 Å². The number of methoxy groups -OCH3 is 1. The summed E-state index contributed by atoms with van der Waals surface area (Å²) < 4.78 is 6.76. The fourth-order valence-corrected chi connectivity index (χ4v) is 2.37. The van der Waals surface area contributed by atoms with E-state index in [0.29, 0.717) is 5.92 Å². The summed E-state index contributed by atoms with van der Waals surface area (Å²) >= 11 is 0. The van der Waals surface area contributed by atoms with E-state index in [2.05, 4.69) is 24.2 Å². The van der Waals surface area contributed by atoms with Crippen molar-refractivity contribution in [3.63, 3.8) is 0 Å². The number of hydrogen-bond donors (Lipinski definition) is 0. The summed E-state index contributed by atoms with van der Waals surface area (Å²) in [6.07, 6.45) is 2.49. The normalized spacial score (nSPS) is 19.9. The van der Waals surface area contributed by atoms with Crippen molar-refractivity contribution >= 4 is 5.97 Å². The molecular formula is C12H19N3O2. The lowest BCUT2D eigenvalue weighted by Crippen LogP contribution is -2.17. The van der Waals surface area contributed by atoms with Gasteiger partial charge >= 0.3 is 5.97 Å². The third kappa shape index (κ3) is 2.33. The summed E-state index contributed by atoms with van der Waals surface area (Å²) in [7, 11) is 1.45. The van der Waals surface area contributed by atoms with Crippen molar-refractivity contribution in [2.75, 3.05) is 7.11 Å². The molecule has 0 saturated heterocycles. The van der Waals surface area contributed by atoms with Gasteiger partial charge in [0.25, 0.3) is 0 Å². The van der Waals surface area contributed by atoms with Gasteiger partial charge in [0, 0.05) is 6.54 Å². The molecule has 0 bridgehead atoms. The minimum atomic E-state index is -0.102. The van der Waals surface area contributed by atoms with Crippen LogP contribution in [-0.4, -0.2) is 28.1 Å². The van der Waals surface area contributed by atoms with Gasteiger partial charge in [0.2, 0.25) is 0 Å². The molecule has 1 aromatic heterocycles. The quantitative estimate of drug-likeness (QED) is 0.732. The molecular weight excluding hydrogens is 218 g/mol. The number of nitrogens with zero attached hydrogens (tertiary/aromatic N) is 3. The molecule has 0 spiro atoms. The number of hydrogen-bond acceptors (Lipinski definition) is 4. The first kappa shape index (κ1) is 12.1. The smallest absolute Gasteiger partial charge is 0.308 e. The summed E-state index contributed by atoms with van der Waals surface area (Å²) in [4.78, 5) is 11.5. The van der Waals surface area contributed by atoms with E-state index in [1.807, 2.05) is 4.68 Å².